The lowest BCUT2D eigenvalue weighted by atomic mass is 10.1. The normalized spacial score (nSPS) is 11.7. The molecule has 0 bridgehead atoms. The molecular weight excluding hydrogens is 275 g/mol. The minimum Gasteiger partial charge on any atom is -0.258 e. The van der Waals surface area contributed by atoms with Gasteiger partial charge in [-0.2, -0.15) is 13.2 Å². The molecule has 0 atom stereocenters. The Balaban J connectivity index is 3.40. The van der Waals surface area contributed by atoms with Gasteiger partial charge in [-0.3, -0.25) is 10.1 Å². The van der Waals surface area contributed by atoms with Gasteiger partial charge in [0.2, 0.25) is 0 Å². The SMILES string of the molecule is C[Si](C)(C)C#Cc1ccc([N+](=O)[O-])cc1C(F)(F)F. The zero-order valence-corrected chi connectivity index (χ0v) is 11.6. The van der Waals surface area contributed by atoms with E-state index < -0.39 is 30.4 Å². The number of non-ortho nitro benzene ring substituents is 1. The van der Waals surface area contributed by atoms with Gasteiger partial charge >= 0.3 is 6.18 Å². The summed E-state index contributed by atoms with van der Waals surface area (Å²) >= 11 is 0. The van der Waals surface area contributed by atoms with Gasteiger partial charge in [0.25, 0.3) is 5.69 Å². The van der Waals surface area contributed by atoms with Crippen LogP contribution >= 0.6 is 0 Å². The molecule has 102 valence electrons. The zero-order chi connectivity index (χ0) is 14.8. The highest BCUT2D eigenvalue weighted by Crippen LogP contribution is 2.34. The second-order valence-corrected chi connectivity index (χ2v) is 9.73. The molecule has 1 aromatic carbocycles. The molecule has 0 aliphatic rings. The molecule has 1 aromatic rings. The molecular formula is C12H12F3NO2Si. The van der Waals surface area contributed by atoms with Crippen molar-refractivity contribution in [2.45, 2.75) is 25.8 Å². The maximum absolute atomic E-state index is 12.8. The van der Waals surface area contributed by atoms with Crippen LogP contribution in [0, 0.1) is 21.6 Å². The largest absolute Gasteiger partial charge is 0.417 e. The van der Waals surface area contributed by atoms with E-state index in [1.54, 1.807) is 0 Å². The molecule has 0 spiro atoms. The number of hydrogen-bond acceptors (Lipinski definition) is 2. The van der Waals surface area contributed by atoms with Gasteiger partial charge in [0.1, 0.15) is 8.07 Å². The Morgan fingerprint density at radius 1 is 1.26 bits per heavy atom. The second-order valence-electron chi connectivity index (χ2n) is 4.98. The van der Waals surface area contributed by atoms with E-state index in [-0.39, 0.29) is 5.56 Å². The molecule has 1 rings (SSSR count). The van der Waals surface area contributed by atoms with Crippen molar-refractivity contribution in [2.24, 2.45) is 0 Å². The molecule has 3 nitrogen and oxygen atoms in total. The van der Waals surface area contributed by atoms with E-state index in [2.05, 4.69) is 11.5 Å². The maximum atomic E-state index is 12.8. The van der Waals surface area contributed by atoms with Crippen molar-refractivity contribution in [3.8, 4) is 11.5 Å². The van der Waals surface area contributed by atoms with E-state index in [4.69, 9.17) is 0 Å². The quantitative estimate of drug-likeness (QED) is 0.341. The summed E-state index contributed by atoms with van der Waals surface area (Å²) in [5.74, 6) is 2.50. The van der Waals surface area contributed by atoms with Crippen molar-refractivity contribution >= 4 is 13.8 Å². The first-order valence-corrected chi connectivity index (χ1v) is 8.89. The van der Waals surface area contributed by atoms with E-state index in [1.807, 2.05) is 19.6 Å². The Labute approximate surface area is 109 Å². The van der Waals surface area contributed by atoms with Gasteiger partial charge in [0.15, 0.2) is 0 Å². The standard InChI is InChI=1S/C12H12F3NO2Si/c1-19(2,3)7-6-9-4-5-10(16(17)18)8-11(9)12(13,14)15/h4-5,8H,1-3H3. The monoisotopic (exact) mass is 287 g/mol. The molecule has 0 fully saturated rings. The lowest BCUT2D eigenvalue weighted by Gasteiger charge is -2.09. The number of benzene rings is 1. The highest BCUT2D eigenvalue weighted by atomic mass is 28.3. The molecule has 0 amide bonds. The predicted octanol–water partition coefficient (Wildman–Crippen LogP) is 3.84. The molecule has 0 radical (unpaired) electrons. The van der Waals surface area contributed by atoms with Crippen molar-refractivity contribution in [2.75, 3.05) is 0 Å². The number of hydrogen-bond donors (Lipinski definition) is 0. The van der Waals surface area contributed by atoms with Gasteiger partial charge in [0.05, 0.1) is 10.5 Å². The van der Waals surface area contributed by atoms with E-state index in [9.17, 15) is 23.3 Å². The fraction of sp³-hybridized carbons (Fsp3) is 0.333. The number of nitrogens with zero attached hydrogens (tertiary/aromatic N) is 1. The number of nitro groups is 1. The molecule has 0 aromatic heterocycles. The van der Waals surface area contributed by atoms with Crippen LogP contribution in [0.4, 0.5) is 18.9 Å². The number of halogens is 3. The zero-order valence-electron chi connectivity index (χ0n) is 10.6. The van der Waals surface area contributed by atoms with Crippen molar-refractivity contribution in [1.29, 1.82) is 0 Å². The van der Waals surface area contributed by atoms with Crippen molar-refractivity contribution in [3.05, 3.63) is 39.4 Å². The van der Waals surface area contributed by atoms with Gasteiger partial charge in [-0.15, -0.1) is 5.54 Å². The van der Waals surface area contributed by atoms with Crippen molar-refractivity contribution < 1.29 is 18.1 Å². The first kappa shape index (κ1) is 15.2. The summed E-state index contributed by atoms with van der Waals surface area (Å²) in [7, 11) is -1.82. The third-order valence-corrected chi connectivity index (χ3v) is 2.97. The van der Waals surface area contributed by atoms with E-state index in [0.717, 1.165) is 12.1 Å². The van der Waals surface area contributed by atoms with E-state index in [0.29, 0.717) is 6.07 Å². The number of nitro benzene ring substituents is 1. The summed E-state index contributed by atoms with van der Waals surface area (Å²) in [6, 6.07) is 2.60. The van der Waals surface area contributed by atoms with Gasteiger partial charge in [0, 0.05) is 17.7 Å². The Bertz CT molecular complexity index is 565. The van der Waals surface area contributed by atoms with Crippen LogP contribution in [0.5, 0.6) is 0 Å². The predicted molar refractivity (Wildman–Crippen MR) is 68.3 cm³/mol. The summed E-state index contributed by atoms with van der Waals surface area (Å²) < 4.78 is 38.5. The first-order valence-electron chi connectivity index (χ1n) is 5.39. The lowest BCUT2D eigenvalue weighted by Crippen LogP contribution is -2.16. The van der Waals surface area contributed by atoms with Crippen LogP contribution in [0.25, 0.3) is 0 Å². The van der Waals surface area contributed by atoms with Crippen LogP contribution in [-0.4, -0.2) is 13.0 Å². The van der Waals surface area contributed by atoms with E-state index >= 15 is 0 Å². The van der Waals surface area contributed by atoms with Crippen LogP contribution in [0.1, 0.15) is 11.1 Å². The number of alkyl halides is 3. The molecule has 19 heavy (non-hydrogen) atoms. The summed E-state index contributed by atoms with van der Waals surface area (Å²) in [6.07, 6.45) is -4.66. The van der Waals surface area contributed by atoms with Gasteiger partial charge in [-0.25, -0.2) is 0 Å². The molecule has 0 N–H and O–H groups in total. The van der Waals surface area contributed by atoms with Crippen molar-refractivity contribution in [3.63, 3.8) is 0 Å². The average Bonchev–Trinajstić information content (AvgIpc) is 2.23. The minimum atomic E-state index is -4.66. The smallest absolute Gasteiger partial charge is 0.258 e. The van der Waals surface area contributed by atoms with Gasteiger partial charge in [-0.1, -0.05) is 25.6 Å². The summed E-state index contributed by atoms with van der Waals surface area (Å²) in [6.45, 7) is 5.70. The molecule has 0 unspecified atom stereocenters. The van der Waals surface area contributed by atoms with Crippen LogP contribution in [0.2, 0.25) is 19.6 Å². The molecule has 0 saturated carbocycles. The summed E-state index contributed by atoms with van der Waals surface area (Å²) in [5, 5.41) is 10.5. The van der Waals surface area contributed by atoms with Gasteiger partial charge in [-0.05, 0) is 6.07 Å². The van der Waals surface area contributed by atoms with Crippen LogP contribution in [-0.2, 0) is 6.18 Å². The third kappa shape index (κ3) is 4.41. The number of rotatable bonds is 1. The van der Waals surface area contributed by atoms with Crippen molar-refractivity contribution in [1.82, 2.24) is 0 Å². The molecule has 0 aliphatic heterocycles. The molecule has 7 heteroatoms. The average molecular weight is 287 g/mol. The Hall–Kier alpha value is -1.81. The molecule has 0 heterocycles. The Kier molecular flexibility index (Phi) is 4.05. The first-order chi connectivity index (χ1) is 8.50. The highest BCUT2D eigenvalue weighted by molar-refractivity contribution is 6.83. The second kappa shape index (κ2) is 5.05. The molecule has 0 saturated heterocycles. The summed E-state index contributed by atoms with van der Waals surface area (Å²) in [5.41, 5.74) is 0.942. The minimum absolute atomic E-state index is 0.222. The van der Waals surface area contributed by atoms with Crippen LogP contribution < -0.4 is 0 Å². The Morgan fingerprint density at radius 3 is 2.26 bits per heavy atom. The maximum Gasteiger partial charge on any atom is 0.417 e. The van der Waals surface area contributed by atoms with Crippen LogP contribution in [0.3, 0.4) is 0 Å². The lowest BCUT2D eigenvalue weighted by molar-refractivity contribution is -0.385. The summed E-state index contributed by atoms with van der Waals surface area (Å²) in [4.78, 5) is 9.66. The Morgan fingerprint density at radius 2 is 1.84 bits per heavy atom. The topological polar surface area (TPSA) is 43.1 Å². The fourth-order valence-electron chi connectivity index (χ4n) is 1.24. The molecule has 0 aliphatic carbocycles. The fourth-order valence-corrected chi connectivity index (χ4v) is 1.75. The third-order valence-electron chi connectivity index (χ3n) is 2.09. The van der Waals surface area contributed by atoms with Gasteiger partial charge < -0.3 is 0 Å². The highest BCUT2D eigenvalue weighted by Gasteiger charge is 2.34. The van der Waals surface area contributed by atoms with E-state index in [1.165, 1.54) is 0 Å². The van der Waals surface area contributed by atoms with Crippen LogP contribution in [0.15, 0.2) is 18.2 Å².